The van der Waals surface area contributed by atoms with Crippen molar-refractivity contribution in [2.24, 2.45) is 11.8 Å². The van der Waals surface area contributed by atoms with Gasteiger partial charge in [0.15, 0.2) is 0 Å². The van der Waals surface area contributed by atoms with E-state index in [2.05, 4.69) is 26.8 Å². The Kier molecular flexibility index (Phi) is 5.37. The first-order valence-electron chi connectivity index (χ1n) is 7.46. The second-order valence-corrected chi connectivity index (χ2v) is 7.14. The second kappa shape index (κ2) is 7.04. The molecule has 1 aromatic rings. The van der Waals surface area contributed by atoms with Gasteiger partial charge in [-0.25, -0.2) is 0 Å². The maximum atomic E-state index is 9.42. The maximum absolute atomic E-state index is 9.42. The number of benzene rings is 1. The van der Waals surface area contributed by atoms with Crippen LogP contribution in [-0.4, -0.2) is 11.9 Å². The van der Waals surface area contributed by atoms with Gasteiger partial charge in [0.2, 0.25) is 0 Å². The van der Waals surface area contributed by atoms with Crippen LogP contribution < -0.4 is 4.74 Å². The molecule has 1 saturated carbocycles. The van der Waals surface area contributed by atoms with E-state index in [0.717, 1.165) is 29.2 Å². The van der Waals surface area contributed by atoms with Crippen LogP contribution in [0.3, 0.4) is 0 Å². The molecule has 20 heavy (non-hydrogen) atoms. The molecule has 2 nitrogen and oxygen atoms in total. The van der Waals surface area contributed by atoms with Crippen molar-refractivity contribution in [1.29, 1.82) is 5.26 Å². The minimum atomic E-state index is 0.253. The standard InChI is InChI=1S/C17H23NOS/c1-4-20-17-7-5-6-16(15(17)11-18)19-14-9-12(2)8-13(3)10-14/h5-7,12-14H,4,8-10H2,1-3H3. The van der Waals surface area contributed by atoms with Crippen molar-refractivity contribution in [3.05, 3.63) is 23.8 Å². The van der Waals surface area contributed by atoms with Crippen molar-refractivity contribution in [2.45, 2.75) is 51.0 Å². The van der Waals surface area contributed by atoms with Gasteiger partial charge in [-0.1, -0.05) is 26.8 Å². The first kappa shape index (κ1) is 15.3. The summed E-state index contributed by atoms with van der Waals surface area (Å²) in [5.74, 6) is 3.15. The summed E-state index contributed by atoms with van der Waals surface area (Å²) in [5.41, 5.74) is 0.699. The molecule has 0 amide bonds. The SMILES string of the molecule is CCSc1cccc(OC2CC(C)CC(C)C2)c1C#N. The number of nitriles is 1. The molecule has 108 valence electrons. The van der Waals surface area contributed by atoms with Gasteiger partial charge >= 0.3 is 0 Å². The molecule has 0 spiro atoms. The summed E-state index contributed by atoms with van der Waals surface area (Å²) >= 11 is 1.70. The normalized spacial score (nSPS) is 26.0. The Hall–Kier alpha value is -1.14. The van der Waals surface area contributed by atoms with Crippen LogP contribution >= 0.6 is 11.8 Å². The Morgan fingerprint density at radius 1 is 1.25 bits per heavy atom. The van der Waals surface area contributed by atoms with E-state index in [9.17, 15) is 5.26 Å². The minimum Gasteiger partial charge on any atom is -0.489 e. The van der Waals surface area contributed by atoms with Gasteiger partial charge in [-0.2, -0.15) is 5.26 Å². The second-order valence-electron chi connectivity index (χ2n) is 5.83. The molecular formula is C17H23NOS. The summed E-state index contributed by atoms with van der Waals surface area (Å²) in [7, 11) is 0. The number of ether oxygens (including phenoxy) is 1. The number of nitrogens with zero attached hydrogens (tertiary/aromatic N) is 1. The van der Waals surface area contributed by atoms with Crippen LogP contribution in [0.2, 0.25) is 0 Å². The highest BCUT2D eigenvalue weighted by Crippen LogP contribution is 2.34. The van der Waals surface area contributed by atoms with Crippen LogP contribution in [0.5, 0.6) is 5.75 Å². The van der Waals surface area contributed by atoms with E-state index in [1.807, 2.05) is 18.2 Å². The fourth-order valence-corrected chi connectivity index (χ4v) is 3.92. The fraction of sp³-hybridized carbons (Fsp3) is 0.588. The summed E-state index contributed by atoms with van der Waals surface area (Å²) in [5, 5.41) is 9.42. The van der Waals surface area contributed by atoms with Crippen LogP contribution in [0, 0.1) is 23.2 Å². The molecule has 0 bridgehead atoms. The lowest BCUT2D eigenvalue weighted by atomic mass is 9.82. The van der Waals surface area contributed by atoms with E-state index in [0.29, 0.717) is 17.4 Å². The highest BCUT2D eigenvalue weighted by Gasteiger charge is 2.26. The van der Waals surface area contributed by atoms with Crippen molar-refractivity contribution in [3.8, 4) is 11.8 Å². The molecule has 0 heterocycles. The lowest BCUT2D eigenvalue weighted by molar-refractivity contribution is 0.100. The first-order valence-corrected chi connectivity index (χ1v) is 8.45. The predicted octanol–water partition coefficient (Wildman–Crippen LogP) is 4.87. The molecule has 2 rings (SSSR count). The summed E-state index contributed by atoms with van der Waals surface area (Å²) < 4.78 is 6.17. The third-order valence-corrected chi connectivity index (χ3v) is 4.77. The van der Waals surface area contributed by atoms with E-state index in [4.69, 9.17) is 4.74 Å². The summed E-state index contributed by atoms with van der Waals surface area (Å²) in [6.07, 6.45) is 3.74. The highest BCUT2D eigenvalue weighted by molar-refractivity contribution is 7.99. The van der Waals surface area contributed by atoms with Crippen LogP contribution in [0.1, 0.15) is 45.6 Å². The Labute approximate surface area is 126 Å². The number of hydrogen-bond acceptors (Lipinski definition) is 3. The van der Waals surface area contributed by atoms with Gasteiger partial charge in [-0.05, 0) is 49.0 Å². The average molecular weight is 289 g/mol. The van der Waals surface area contributed by atoms with Gasteiger partial charge in [0.05, 0.1) is 6.10 Å². The molecule has 0 N–H and O–H groups in total. The topological polar surface area (TPSA) is 33.0 Å². The molecular weight excluding hydrogens is 266 g/mol. The minimum absolute atomic E-state index is 0.253. The molecule has 0 radical (unpaired) electrons. The predicted molar refractivity (Wildman–Crippen MR) is 84.2 cm³/mol. The van der Waals surface area contributed by atoms with Crippen molar-refractivity contribution in [1.82, 2.24) is 0 Å². The van der Waals surface area contributed by atoms with Crippen molar-refractivity contribution in [2.75, 3.05) is 5.75 Å². The van der Waals surface area contributed by atoms with Gasteiger partial charge in [0.1, 0.15) is 17.4 Å². The fourth-order valence-electron chi connectivity index (χ4n) is 3.14. The Morgan fingerprint density at radius 3 is 2.55 bits per heavy atom. The van der Waals surface area contributed by atoms with E-state index < -0.39 is 0 Å². The van der Waals surface area contributed by atoms with Crippen molar-refractivity contribution >= 4 is 11.8 Å². The lowest BCUT2D eigenvalue weighted by Gasteiger charge is -2.32. The Morgan fingerprint density at radius 2 is 1.95 bits per heavy atom. The van der Waals surface area contributed by atoms with Crippen LogP contribution in [-0.2, 0) is 0 Å². The zero-order valence-corrected chi connectivity index (χ0v) is 13.4. The zero-order valence-electron chi connectivity index (χ0n) is 12.6. The molecule has 1 aliphatic carbocycles. The Bertz CT molecular complexity index is 484. The van der Waals surface area contributed by atoms with Gasteiger partial charge < -0.3 is 4.74 Å². The molecule has 2 unspecified atom stereocenters. The highest BCUT2D eigenvalue weighted by atomic mass is 32.2. The third kappa shape index (κ3) is 3.70. The van der Waals surface area contributed by atoms with E-state index in [-0.39, 0.29) is 6.10 Å². The number of thioether (sulfide) groups is 1. The van der Waals surface area contributed by atoms with Gasteiger partial charge in [-0.3, -0.25) is 0 Å². The van der Waals surface area contributed by atoms with Crippen molar-refractivity contribution in [3.63, 3.8) is 0 Å². The molecule has 0 aliphatic heterocycles. The van der Waals surface area contributed by atoms with Crippen LogP contribution in [0.25, 0.3) is 0 Å². The summed E-state index contributed by atoms with van der Waals surface area (Å²) in [6.45, 7) is 6.69. The van der Waals surface area contributed by atoms with Gasteiger partial charge in [0, 0.05) is 4.90 Å². The summed E-state index contributed by atoms with van der Waals surface area (Å²) in [4.78, 5) is 1.03. The monoisotopic (exact) mass is 289 g/mol. The van der Waals surface area contributed by atoms with Gasteiger partial charge in [-0.15, -0.1) is 11.8 Å². The molecule has 1 aliphatic rings. The molecule has 1 fully saturated rings. The molecule has 0 saturated heterocycles. The Balaban J connectivity index is 2.16. The number of rotatable bonds is 4. The quantitative estimate of drug-likeness (QED) is 0.741. The van der Waals surface area contributed by atoms with Gasteiger partial charge in [0.25, 0.3) is 0 Å². The zero-order chi connectivity index (χ0) is 14.5. The van der Waals surface area contributed by atoms with Crippen molar-refractivity contribution < 1.29 is 4.74 Å². The first-order chi connectivity index (χ1) is 9.63. The summed E-state index contributed by atoms with van der Waals surface area (Å²) in [6, 6.07) is 8.24. The maximum Gasteiger partial charge on any atom is 0.138 e. The van der Waals surface area contributed by atoms with Crippen LogP contribution in [0.15, 0.2) is 23.1 Å². The smallest absolute Gasteiger partial charge is 0.138 e. The average Bonchev–Trinajstić information content (AvgIpc) is 2.38. The lowest BCUT2D eigenvalue weighted by Crippen LogP contribution is -2.28. The number of hydrogen-bond donors (Lipinski definition) is 0. The largest absolute Gasteiger partial charge is 0.489 e. The van der Waals surface area contributed by atoms with Crippen LogP contribution in [0.4, 0.5) is 0 Å². The molecule has 2 atom stereocenters. The third-order valence-electron chi connectivity index (χ3n) is 3.83. The van der Waals surface area contributed by atoms with E-state index >= 15 is 0 Å². The molecule has 0 aromatic heterocycles. The molecule has 1 aromatic carbocycles. The molecule has 3 heteroatoms. The van der Waals surface area contributed by atoms with E-state index in [1.165, 1.54) is 6.42 Å². The van der Waals surface area contributed by atoms with E-state index in [1.54, 1.807) is 11.8 Å².